The van der Waals surface area contributed by atoms with E-state index in [0.717, 1.165) is 15.0 Å². The Labute approximate surface area is 118 Å². The van der Waals surface area contributed by atoms with E-state index in [-0.39, 0.29) is 11.9 Å². The second kappa shape index (κ2) is 5.54. The normalized spacial score (nSPS) is 12.1. The largest absolute Gasteiger partial charge is 0.399 e. The predicted octanol–water partition coefficient (Wildman–Crippen LogP) is 3.58. The van der Waals surface area contributed by atoms with E-state index in [0.29, 0.717) is 4.88 Å². The molecule has 1 aromatic heterocycles. The number of hydrogen-bond donors (Lipinski definition) is 2. The first kappa shape index (κ1) is 13.1. The maximum Gasteiger partial charge on any atom is 0.261 e. The van der Waals surface area contributed by atoms with E-state index in [1.807, 2.05) is 37.3 Å². The summed E-state index contributed by atoms with van der Waals surface area (Å²) in [4.78, 5) is 12.7. The van der Waals surface area contributed by atoms with Gasteiger partial charge in [0, 0.05) is 5.69 Å². The number of halogens is 1. The number of benzene rings is 1. The van der Waals surface area contributed by atoms with Crippen molar-refractivity contribution < 1.29 is 4.79 Å². The standard InChI is InChI=1S/C13H13BrN2OS/c1-8(9-2-4-10(15)5-3-9)16-13(17)11-6-7-12(14)18-11/h2-8H,15H2,1H3,(H,16,17). The van der Waals surface area contributed by atoms with Crippen LogP contribution >= 0.6 is 27.3 Å². The molecule has 0 bridgehead atoms. The quantitative estimate of drug-likeness (QED) is 0.848. The fraction of sp³-hybridized carbons (Fsp3) is 0.154. The molecule has 94 valence electrons. The number of nitrogens with one attached hydrogen (secondary N) is 1. The van der Waals surface area contributed by atoms with E-state index >= 15 is 0 Å². The molecule has 0 aliphatic heterocycles. The van der Waals surface area contributed by atoms with Gasteiger partial charge in [-0.15, -0.1) is 11.3 Å². The molecule has 0 radical (unpaired) electrons. The second-order valence-corrected chi connectivity index (χ2v) is 6.43. The van der Waals surface area contributed by atoms with Crippen LogP contribution in [0.2, 0.25) is 0 Å². The summed E-state index contributed by atoms with van der Waals surface area (Å²) in [5, 5.41) is 2.96. The van der Waals surface area contributed by atoms with Crippen molar-refractivity contribution in [3.8, 4) is 0 Å². The monoisotopic (exact) mass is 324 g/mol. The van der Waals surface area contributed by atoms with E-state index in [1.165, 1.54) is 11.3 Å². The molecule has 0 aliphatic carbocycles. The molecule has 1 amide bonds. The summed E-state index contributed by atoms with van der Waals surface area (Å²) >= 11 is 4.76. The fourth-order valence-electron chi connectivity index (χ4n) is 1.57. The summed E-state index contributed by atoms with van der Waals surface area (Å²) in [6.45, 7) is 1.95. The van der Waals surface area contributed by atoms with Gasteiger partial charge < -0.3 is 11.1 Å². The first-order chi connectivity index (χ1) is 8.56. The Balaban J connectivity index is 2.05. The van der Waals surface area contributed by atoms with Crippen molar-refractivity contribution in [1.82, 2.24) is 5.32 Å². The van der Waals surface area contributed by atoms with Crippen LogP contribution in [-0.4, -0.2) is 5.91 Å². The Hall–Kier alpha value is -1.33. The predicted molar refractivity (Wildman–Crippen MR) is 78.8 cm³/mol. The van der Waals surface area contributed by atoms with Crippen LogP contribution in [0.5, 0.6) is 0 Å². The van der Waals surface area contributed by atoms with Gasteiger partial charge in [0.05, 0.1) is 14.7 Å². The molecular formula is C13H13BrN2OS. The highest BCUT2D eigenvalue weighted by Crippen LogP contribution is 2.23. The van der Waals surface area contributed by atoms with Crippen molar-refractivity contribution in [3.05, 3.63) is 50.6 Å². The molecule has 2 aromatic rings. The van der Waals surface area contributed by atoms with E-state index in [2.05, 4.69) is 21.2 Å². The third-order valence-electron chi connectivity index (χ3n) is 2.58. The Morgan fingerprint density at radius 3 is 2.50 bits per heavy atom. The zero-order valence-corrected chi connectivity index (χ0v) is 12.2. The molecule has 1 heterocycles. The van der Waals surface area contributed by atoms with E-state index in [4.69, 9.17) is 5.73 Å². The summed E-state index contributed by atoms with van der Waals surface area (Å²) < 4.78 is 0.952. The third kappa shape index (κ3) is 3.11. The van der Waals surface area contributed by atoms with Crippen LogP contribution in [0, 0.1) is 0 Å². The highest BCUT2D eigenvalue weighted by Gasteiger charge is 2.12. The topological polar surface area (TPSA) is 55.1 Å². The van der Waals surface area contributed by atoms with Crippen molar-refractivity contribution in [3.63, 3.8) is 0 Å². The van der Waals surface area contributed by atoms with Gasteiger partial charge in [-0.2, -0.15) is 0 Å². The van der Waals surface area contributed by atoms with Gasteiger partial charge in [0.1, 0.15) is 0 Å². The maximum absolute atomic E-state index is 12.0. The van der Waals surface area contributed by atoms with Gasteiger partial charge >= 0.3 is 0 Å². The number of rotatable bonds is 3. The molecule has 0 fully saturated rings. The van der Waals surface area contributed by atoms with Crippen LogP contribution in [0.3, 0.4) is 0 Å². The lowest BCUT2D eigenvalue weighted by Gasteiger charge is -2.13. The molecule has 18 heavy (non-hydrogen) atoms. The molecule has 0 saturated carbocycles. The molecule has 0 saturated heterocycles. The van der Waals surface area contributed by atoms with Crippen molar-refractivity contribution in [2.45, 2.75) is 13.0 Å². The SMILES string of the molecule is CC(NC(=O)c1ccc(Br)s1)c1ccc(N)cc1. The highest BCUT2D eigenvalue weighted by atomic mass is 79.9. The fourth-order valence-corrected chi connectivity index (χ4v) is 2.86. The van der Waals surface area contributed by atoms with Crippen LogP contribution in [0.25, 0.3) is 0 Å². The number of thiophene rings is 1. The Morgan fingerprint density at radius 1 is 1.28 bits per heavy atom. The summed E-state index contributed by atoms with van der Waals surface area (Å²) in [7, 11) is 0. The minimum absolute atomic E-state index is 0.0426. The smallest absolute Gasteiger partial charge is 0.261 e. The number of nitrogens with two attached hydrogens (primary N) is 1. The minimum Gasteiger partial charge on any atom is -0.399 e. The van der Waals surface area contributed by atoms with Crippen LogP contribution in [-0.2, 0) is 0 Å². The Morgan fingerprint density at radius 2 is 1.94 bits per heavy atom. The molecular weight excluding hydrogens is 312 g/mol. The molecule has 0 spiro atoms. The lowest BCUT2D eigenvalue weighted by molar-refractivity contribution is 0.0944. The zero-order valence-electron chi connectivity index (χ0n) is 9.81. The molecule has 2 rings (SSSR count). The number of hydrogen-bond acceptors (Lipinski definition) is 3. The Bertz CT molecular complexity index is 550. The van der Waals surface area contributed by atoms with Gasteiger partial charge in [-0.3, -0.25) is 4.79 Å². The van der Waals surface area contributed by atoms with Gasteiger partial charge in [0.15, 0.2) is 0 Å². The van der Waals surface area contributed by atoms with Crippen LogP contribution in [0.1, 0.15) is 28.2 Å². The van der Waals surface area contributed by atoms with Gasteiger partial charge in [0.2, 0.25) is 0 Å². The summed E-state index contributed by atoms with van der Waals surface area (Å²) in [5.74, 6) is -0.0602. The Kier molecular flexibility index (Phi) is 4.04. The zero-order chi connectivity index (χ0) is 13.1. The van der Waals surface area contributed by atoms with E-state index < -0.39 is 0 Å². The van der Waals surface area contributed by atoms with Crippen LogP contribution in [0.4, 0.5) is 5.69 Å². The van der Waals surface area contributed by atoms with Crippen LogP contribution < -0.4 is 11.1 Å². The first-order valence-corrected chi connectivity index (χ1v) is 7.09. The molecule has 1 aromatic carbocycles. The summed E-state index contributed by atoms with van der Waals surface area (Å²) in [6, 6.07) is 11.1. The first-order valence-electron chi connectivity index (χ1n) is 5.48. The van der Waals surface area contributed by atoms with E-state index in [9.17, 15) is 4.79 Å². The van der Waals surface area contributed by atoms with Gasteiger partial charge in [-0.05, 0) is 52.7 Å². The summed E-state index contributed by atoms with van der Waals surface area (Å²) in [5.41, 5.74) is 7.39. The maximum atomic E-state index is 12.0. The molecule has 5 heteroatoms. The van der Waals surface area contributed by atoms with Crippen molar-refractivity contribution >= 4 is 38.9 Å². The average Bonchev–Trinajstić information content (AvgIpc) is 2.76. The van der Waals surface area contributed by atoms with Gasteiger partial charge in [-0.25, -0.2) is 0 Å². The van der Waals surface area contributed by atoms with Gasteiger partial charge in [-0.1, -0.05) is 12.1 Å². The van der Waals surface area contributed by atoms with E-state index in [1.54, 1.807) is 6.07 Å². The lowest BCUT2D eigenvalue weighted by Crippen LogP contribution is -2.25. The molecule has 3 nitrogen and oxygen atoms in total. The summed E-state index contributed by atoms with van der Waals surface area (Å²) in [6.07, 6.45) is 0. The lowest BCUT2D eigenvalue weighted by atomic mass is 10.1. The number of anilines is 1. The van der Waals surface area contributed by atoms with Gasteiger partial charge in [0.25, 0.3) is 5.91 Å². The number of amides is 1. The van der Waals surface area contributed by atoms with Crippen molar-refractivity contribution in [2.24, 2.45) is 0 Å². The number of carbonyl (C=O) groups is 1. The molecule has 1 unspecified atom stereocenters. The van der Waals surface area contributed by atoms with Crippen LogP contribution in [0.15, 0.2) is 40.2 Å². The van der Waals surface area contributed by atoms with Crippen molar-refractivity contribution in [1.29, 1.82) is 0 Å². The average molecular weight is 325 g/mol. The minimum atomic E-state index is -0.0602. The third-order valence-corrected chi connectivity index (χ3v) is 4.20. The van der Waals surface area contributed by atoms with Crippen molar-refractivity contribution in [2.75, 3.05) is 5.73 Å². The molecule has 1 atom stereocenters. The number of carbonyl (C=O) groups excluding carboxylic acids is 1. The second-order valence-electron chi connectivity index (χ2n) is 3.97. The molecule has 0 aliphatic rings. The molecule has 3 N–H and O–H groups in total. The number of nitrogen functional groups attached to an aromatic ring is 1. The highest BCUT2D eigenvalue weighted by molar-refractivity contribution is 9.11.